The molecule has 108 valence electrons. The first kappa shape index (κ1) is 14.9. The van der Waals surface area contributed by atoms with Gasteiger partial charge in [0, 0.05) is 17.2 Å². The highest BCUT2D eigenvalue weighted by Gasteiger charge is 2.10. The molecule has 0 aliphatic carbocycles. The number of nitriles is 1. The molecule has 0 unspecified atom stereocenters. The van der Waals surface area contributed by atoms with Gasteiger partial charge in [-0.15, -0.1) is 0 Å². The summed E-state index contributed by atoms with van der Waals surface area (Å²) in [5, 5.41) is 18.3. The zero-order chi connectivity index (χ0) is 15.4. The topological polar surface area (TPSA) is 53.2 Å². The molecule has 21 heavy (non-hydrogen) atoms. The van der Waals surface area contributed by atoms with Crippen LogP contribution in [-0.2, 0) is 6.61 Å². The summed E-state index contributed by atoms with van der Waals surface area (Å²) >= 11 is 0. The molecular weight excluding hydrogens is 276 g/mol. The largest absolute Gasteiger partial charge is 0.489 e. The Morgan fingerprint density at radius 2 is 2.00 bits per heavy atom. The molecule has 0 fully saturated rings. The Balaban J connectivity index is 2.16. The predicted octanol–water partition coefficient (Wildman–Crippen LogP) is 3.47. The number of halogens is 2. The molecule has 2 aromatic carbocycles. The fourth-order valence-electron chi connectivity index (χ4n) is 1.89. The lowest BCUT2D eigenvalue weighted by Crippen LogP contribution is -2.01. The Hall–Kier alpha value is -2.45. The van der Waals surface area contributed by atoms with Crippen LogP contribution in [0.3, 0.4) is 0 Å². The van der Waals surface area contributed by atoms with Crippen molar-refractivity contribution in [2.75, 3.05) is 0 Å². The Morgan fingerprint density at radius 3 is 2.62 bits per heavy atom. The van der Waals surface area contributed by atoms with Gasteiger partial charge in [-0.05, 0) is 37.3 Å². The lowest BCUT2D eigenvalue weighted by molar-refractivity contribution is 0.194. The van der Waals surface area contributed by atoms with Crippen molar-refractivity contribution in [1.29, 1.82) is 5.26 Å². The maximum absolute atomic E-state index is 13.7. The number of rotatable bonds is 4. The molecule has 1 atom stereocenters. The van der Waals surface area contributed by atoms with Crippen LogP contribution >= 0.6 is 0 Å². The van der Waals surface area contributed by atoms with Crippen molar-refractivity contribution in [3.63, 3.8) is 0 Å². The first-order chi connectivity index (χ1) is 10.0. The molecule has 0 amide bonds. The van der Waals surface area contributed by atoms with Gasteiger partial charge in [0.15, 0.2) is 0 Å². The molecule has 1 N–H and O–H groups in total. The molecule has 2 aromatic rings. The average molecular weight is 289 g/mol. The standard InChI is InChI=1S/C16H13F2NO2/c1-10(20)15-5-4-14(7-16(15)18)21-9-12-6-13(17)3-2-11(12)8-19/h2-7,10,20H,9H2,1H3/t10-/m0/s1. The van der Waals surface area contributed by atoms with E-state index >= 15 is 0 Å². The molecule has 0 saturated heterocycles. The monoisotopic (exact) mass is 289 g/mol. The first-order valence-electron chi connectivity index (χ1n) is 6.30. The van der Waals surface area contributed by atoms with E-state index < -0.39 is 17.7 Å². The summed E-state index contributed by atoms with van der Waals surface area (Å²) in [5.41, 5.74) is 0.862. The van der Waals surface area contributed by atoms with E-state index in [1.807, 2.05) is 6.07 Å². The summed E-state index contributed by atoms with van der Waals surface area (Å²) in [6, 6.07) is 9.79. The van der Waals surface area contributed by atoms with E-state index in [2.05, 4.69) is 0 Å². The van der Waals surface area contributed by atoms with Crippen LogP contribution in [0, 0.1) is 23.0 Å². The van der Waals surface area contributed by atoms with Gasteiger partial charge in [0.25, 0.3) is 0 Å². The molecule has 0 aliphatic rings. The Morgan fingerprint density at radius 1 is 1.24 bits per heavy atom. The fraction of sp³-hybridized carbons (Fsp3) is 0.188. The fourth-order valence-corrected chi connectivity index (χ4v) is 1.89. The number of nitrogens with zero attached hydrogens (tertiary/aromatic N) is 1. The third-order valence-electron chi connectivity index (χ3n) is 3.00. The predicted molar refractivity (Wildman–Crippen MR) is 72.5 cm³/mol. The zero-order valence-electron chi connectivity index (χ0n) is 11.3. The Bertz CT molecular complexity index is 693. The normalized spacial score (nSPS) is 11.8. The number of hydrogen-bond donors (Lipinski definition) is 1. The lowest BCUT2D eigenvalue weighted by Gasteiger charge is -2.11. The van der Waals surface area contributed by atoms with Crippen LogP contribution in [0.15, 0.2) is 36.4 Å². The quantitative estimate of drug-likeness (QED) is 0.937. The van der Waals surface area contributed by atoms with Crippen molar-refractivity contribution in [2.24, 2.45) is 0 Å². The summed E-state index contributed by atoms with van der Waals surface area (Å²) in [4.78, 5) is 0. The van der Waals surface area contributed by atoms with E-state index in [1.54, 1.807) is 0 Å². The van der Waals surface area contributed by atoms with Crippen molar-refractivity contribution < 1.29 is 18.6 Å². The van der Waals surface area contributed by atoms with Crippen molar-refractivity contribution in [3.8, 4) is 11.8 Å². The minimum absolute atomic E-state index is 0.0475. The van der Waals surface area contributed by atoms with Crippen molar-refractivity contribution in [3.05, 3.63) is 64.7 Å². The van der Waals surface area contributed by atoms with Gasteiger partial charge in [-0.25, -0.2) is 8.78 Å². The maximum atomic E-state index is 13.7. The molecule has 0 aliphatic heterocycles. The van der Waals surface area contributed by atoms with Gasteiger partial charge < -0.3 is 9.84 Å². The molecule has 0 aromatic heterocycles. The molecule has 0 heterocycles. The molecule has 3 nitrogen and oxygen atoms in total. The second kappa shape index (κ2) is 6.33. The second-order valence-corrected chi connectivity index (χ2v) is 4.56. The van der Waals surface area contributed by atoms with Crippen molar-refractivity contribution in [2.45, 2.75) is 19.6 Å². The molecule has 0 bridgehead atoms. The highest BCUT2D eigenvalue weighted by Crippen LogP contribution is 2.23. The Kier molecular flexibility index (Phi) is 4.51. The van der Waals surface area contributed by atoms with Crippen molar-refractivity contribution in [1.82, 2.24) is 0 Å². The van der Waals surface area contributed by atoms with Gasteiger partial charge in [0.1, 0.15) is 24.0 Å². The molecule has 0 saturated carbocycles. The average Bonchev–Trinajstić information content (AvgIpc) is 2.45. The number of aliphatic hydroxyl groups excluding tert-OH is 1. The summed E-state index contributed by atoms with van der Waals surface area (Å²) in [5.74, 6) is -0.810. The smallest absolute Gasteiger partial charge is 0.132 e. The second-order valence-electron chi connectivity index (χ2n) is 4.56. The number of hydrogen-bond acceptors (Lipinski definition) is 3. The maximum Gasteiger partial charge on any atom is 0.132 e. The summed E-state index contributed by atoms with van der Waals surface area (Å²) in [6.45, 7) is 1.42. The van der Waals surface area contributed by atoms with E-state index in [0.717, 1.165) is 6.07 Å². The van der Waals surface area contributed by atoms with E-state index in [9.17, 15) is 13.9 Å². The molecule has 5 heteroatoms. The highest BCUT2D eigenvalue weighted by molar-refractivity contribution is 5.38. The SMILES string of the molecule is C[C@H](O)c1ccc(OCc2cc(F)ccc2C#N)cc1F. The van der Waals surface area contributed by atoms with E-state index in [1.165, 1.54) is 37.3 Å². The van der Waals surface area contributed by atoms with Gasteiger partial charge >= 0.3 is 0 Å². The molecular formula is C16H13F2NO2. The van der Waals surface area contributed by atoms with Gasteiger partial charge in [0.2, 0.25) is 0 Å². The van der Waals surface area contributed by atoms with E-state index in [-0.39, 0.29) is 17.9 Å². The van der Waals surface area contributed by atoms with Crippen LogP contribution in [0.5, 0.6) is 5.75 Å². The van der Waals surface area contributed by atoms with E-state index in [0.29, 0.717) is 11.1 Å². The van der Waals surface area contributed by atoms with Gasteiger partial charge in [-0.3, -0.25) is 0 Å². The molecule has 0 radical (unpaired) electrons. The van der Waals surface area contributed by atoms with Gasteiger partial charge in [0.05, 0.1) is 17.7 Å². The minimum Gasteiger partial charge on any atom is -0.489 e. The van der Waals surface area contributed by atoms with Crippen LogP contribution < -0.4 is 4.74 Å². The van der Waals surface area contributed by atoms with Crippen LogP contribution in [0.25, 0.3) is 0 Å². The number of benzene rings is 2. The Labute approximate surface area is 121 Å². The minimum atomic E-state index is -0.910. The van der Waals surface area contributed by atoms with Gasteiger partial charge in [-0.2, -0.15) is 5.26 Å². The highest BCUT2D eigenvalue weighted by atomic mass is 19.1. The van der Waals surface area contributed by atoms with Crippen LogP contribution in [0.2, 0.25) is 0 Å². The third kappa shape index (κ3) is 3.56. The third-order valence-corrected chi connectivity index (χ3v) is 3.00. The van der Waals surface area contributed by atoms with Gasteiger partial charge in [-0.1, -0.05) is 0 Å². The van der Waals surface area contributed by atoms with E-state index in [4.69, 9.17) is 10.00 Å². The van der Waals surface area contributed by atoms with Crippen LogP contribution in [-0.4, -0.2) is 5.11 Å². The number of aliphatic hydroxyl groups is 1. The number of ether oxygens (including phenoxy) is 1. The van der Waals surface area contributed by atoms with Crippen molar-refractivity contribution >= 4 is 0 Å². The summed E-state index contributed by atoms with van der Waals surface area (Å²) < 4.78 is 32.2. The molecule has 0 spiro atoms. The zero-order valence-corrected chi connectivity index (χ0v) is 11.3. The van der Waals surface area contributed by atoms with Crippen LogP contribution in [0.4, 0.5) is 8.78 Å². The first-order valence-corrected chi connectivity index (χ1v) is 6.30. The summed E-state index contributed by atoms with van der Waals surface area (Å²) in [7, 11) is 0. The van der Waals surface area contributed by atoms with Crippen LogP contribution in [0.1, 0.15) is 29.7 Å². The summed E-state index contributed by atoms with van der Waals surface area (Å²) in [6.07, 6.45) is -0.910. The molecule has 2 rings (SSSR count). The lowest BCUT2D eigenvalue weighted by atomic mass is 10.1.